The number of aromatic nitrogens is 4. The predicted octanol–water partition coefficient (Wildman–Crippen LogP) is 3.65. The Labute approximate surface area is 199 Å². The molecule has 0 atom stereocenters. The van der Waals surface area contributed by atoms with E-state index in [9.17, 15) is 14.9 Å². The molecule has 2 aromatic carbocycles. The minimum atomic E-state index is -0.445. The molecule has 1 aliphatic rings. The van der Waals surface area contributed by atoms with Crippen LogP contribution in [-0.2, 0) is 0 Å². The van der Waals surface area contributed by atoms with Gasteiger partial charge in [0.15, 0.2) is 5.65 Å². The maximum absolute atomic E-state index is 13.0. The Balaban J connectivity index is 1.34. The minimum absolute atomic E-state index is 0.00691. The van der Waals surface area contributed by atoms with Gasteiger partial charge >= 0.3 is 0 Å². The molecule has 1 fully saturated rings. The molecule has 0 bridgehead atoms. The molecule has 1 aliphatic heterocycles. The first-order valence-corrected chi connectivity index (χ1v) is 11.0. The van der Waals surface area contributed by atoms with Crippen molar-refractivity contribution in [1.29, 1.82) is 0 Å². The lowest BCUT2D eigenvalue weighted by Crippen LogP contribution is -2.49. The normalized spacial score (nSPS) is 13.9. The van der Waals surface area contributed by atoms with Crippen molar-refractivity contribution in [2.45, 2.75) is 6.92 Å². The van der Waals surface area contributed by atoms with Crippen molar-refractivity contribution in [3.63, 3.8) is 0 Å². The molecule has 5 rings (SSSR count). The Hall–Kier alpha value is -4.05. The molecule has 0 spiro atoms. The van der Waals surface area contributed by atoms with E-state index in [4.69, 9.17) is 11.6 Å². The van der Waals surface area contributed by atoms with Crippen molar-refractivity contribution >= 4 is 40.0 Å². The lowest BCUT2D eigenvalue weighted by Gasteiger charge is -2.35. The van der Waals surface area contributed by atoms with Crippen molar-refractivity contribution in [2.24, 2.45) is 0 Å². The van der Waals surface area contributed by atoms with E-state index in [-0.39, 0.29) is 11.6 Å². The third kappa shape index (κ3) is 3.92. The zero-order valence-electron chi connectivity index (χ0n) is 18.3. The average molecular weight is 478 g/mol. The molecule has 0 saturated carbocycles. The highest BCUT2D eigenvalue weighted by atomic mass is 35.5. The van der Waals surface area contributed by atoms with Gasteiger partial charge in [-0.05, 0) is 37.3 Å². The van der Waals surface area contributed by atoms with Gasteiger partial charge < -0.3 is 9.80 Å². The summed E-state index contributed by atoms with van der Waals surface area (Å²) >= 11 is 6.14. The van der Waals surface area contributed by atoms with E-state index in [1.165, 1.54) is 18.5 Å². The Morgan fingerprint density at radius 1 is 1.09 bits per heavy atom. The highest BCUT2D eigenvalue weighted by Crippen LogP contribution is 2.27. The van der Waals surface area contributed by atoms with Crippen LogP contribution in [0.1, 0.15) is 15.9 Å². The monoisotopic (exact) mass is 477 g/mol. The van der Waals surface area contributed by atoms with Crippen molar-refractivity contribution in [1.82, 2.24) is 24.6 Å². The predicted molar refractivity (Wildman–Crippen MR) is 128 cm³/mol. The van der Waals surface area contributed by atoms with Gasteiger partial charge in [0.25, 0.3) is 11.6 Å². The van der Waals surface area contributed by atoms with Crippen LogP contribution in [0.2, 0.25) is 5.02 Å². The molecule has 10 nitrogen and oxygen atoms in total. The number of carbonyl (C=O) groups is 1. The number of amides is 1. The Bertz CT molecular complexity index is 1410. The first kappa shape index (κ1) is 21.8. The van der Waals surface area contributed by atoms with Crippen LogP contribution < -0.4 is 4.90 Å². The summed E-state index contributed by atoms with van der Waals surface area (Å²) in [4.78, 5) is 36.3. The fraction of sp³-hybridized carbons (Fsp3) is 0.217. The smallest absolute Gasteiger partial charge is 0.272 e. The highest BCUT2D eigenvalue weighted by Gasteiger charge is 2.25. The first-order chi connectivity index (χ1) is 16.4. The van der Waals surface area contributed by atoms with Crippen LogP contribution in [-0.4, -0.2) is 61.7 Å². The second-order valence-corrected chi connectivity index (χ2v) is 8.44. The Morgan fingerprint density at radius 3 is 2.59 bits per heavy atom. The third-order valence-electron chi connectivity index (χ3n) is 5.90. The molecule has 0 unspecified atom stereocenters. The lowest BCUT2D eigenvalue weighted by atomic mass is 10.1. The Kier molecular flexibility index (Phi) is 5.58. The number of piperazine rings is 1. The summed E-state index contributed by atoms with van der Waals surface area (Å²) in [5.41, 5.74) is 2.40. The molecule has 34 heavy (non-hydrogen) atoms. The third-order valence-corrected chi connectivity index (χ3v) is 6.14. The zero-order chi connectivity index (χ0) is 23.8. The minimum Gasteiger partial charge on any atom is -0.352 e. The molecule has 11 heteroatoms. The Morgan fingerprint density at radius 2 is 1.88 bits per heavy atom. The van der Waals surface area contributed by atoms with Gasteiger partial charge in [-0.25, -0.2) is 14.6 Å². The number of benzene rings is 2. The average Bonchev–Trinajstić information content (AvgIpc) is 3.28. The number of nitro benzene ring substituents is 1. The van der Waals surface area contributed by atoms with Gasteiger partial charge in [0.2, 0.25) is 0 Å². The van der Waals surface area contributed by atoms with Crippen molar-refractivity contribution in [2.75, 3.05) is 31.1 Å². The van der Waals surface area contributed by atoms with E-state index < -0.39 is 4.92 Å². The molecular weight excluding hydrogens is 458 g/mol. The summed E-state index contributed by atoms with van der Waals surface area (Å²) in [6, 6.07) is 11.9. The van der Waals surface area contributed by atoms with Gasteiger partial charge in [-0.3, -0.25) is 14.9 Å². The van der Waals surface area contributed by atoms with Crippen molar-refractivity contribution in [3.05, 3.63) is 81.3 Å². The van der Waals surface area contributed by atoms with Crippen LogP contribution >= 0.6 is 11.6 Å². The van der Waals surface area contributed by atoms with E-state index in [2.05, 4.69) is 20.0 Å². The zero-order valence-corrected chi connectivity index (χ0v) is 19.0. The van der Waals surface area contributed by atoms with Gasteiger partial charge in [0.05, 0.1) is 22.2 Å². The molecule has 2 aromatic heterocycles. The molecule has 1 saturated heterocycles. The molecular formula is C23H20ClN7O3. The topological polar surface area (TPSA) is 110 Å². The maximum atomic E-state index is 13.0. The van der Waals surface area contributed by atoms with Gasteiger partial charge in [0.1, 0.15) is 12.1 Å². The fourth-order valence-corrected chi connectivity index (χ4v) is 4.36. The molecule has 3 heterocycles. The van der Waals surface area contributed by atoms with Crippen LogP contribution in [0.5, 0.6) is 0 Å². The highest BCUT2D eigenvalue weighted by molar-refractivity contribution is 6.30. The number of hydrogen-bond donors (Lipinski definition) is 0. The summed E-state index contributed by atoms with van der Waals surface area (Å²) in [7, 11) is 0. The first-order valence-electron chi connectivity index (χ1n) is 10.7. The number of carbonyl (C=O) groups excluding carboxylic acids is 1. The number of hydrogen-bond acceptors (Lipinski definition) is 7. The van der Waals surface area contributed by atoms with E-state index in [1.54, 1.807) is 34.8 Å². The lowest BCUT2D eigenvalue weighted by molar-refractivity contribution is -0.385. The van der Waals surface area contributed by atoms with Gasteiger partial charge in [-0.15, -0.1) is 0 Å². The fourth-order valence-electron chi connectivity index (χ4n) is 4.18. The second kappa shape index (κ2) is 8.71. The molecule has 1 amide bonds. The largest absolute Gasteiger partial charge is 0.352 e. The quantitative estimate of drug-likeness (QED) is 0.326. The standard InChI is InChI=1S/C23H20ClN7O3/c1-15-11-16(5-6-20(15)31(33)34)23(32)29-9-7-28(8-10-29)21-19-13-27-30(22(19)26-14-25-21)18-4-2-3-17(24)12-18/h2-6,11-14H,7-10H2,1H3. The molecule has 0 aliphatic carbocycles. The van der Waals surface area contributed by atoms with Crippen molar-refractivity contribution < 1.29 is 9.72 Å². The molecule has 0 radical (unpaired) electrons. The number of fused-ring (bicyclic) bond motifs is 1. The maximum Gasteiger partial charge on any atom is 0.272 e. The van der Waals surface area contributed by atoms with Crippen LogP contribution in [0.15, 0.2) is 55.0 Å². The van der Waals surface area contributed by atoms with E-state index in [0.29, 0.717) is 48.0 Å². The summed E-state index contributed by atoms with van der Waals surface area (Å²) in [5.74, 6) is 0.621. The summed E-state index contributed by atoms with van der Waals surface area (Å²) in [6.07, 6.45) is 3.25. The summed E-state index contributed by atoms with van der Waals surface area (Å²) in [6.45, 7) is 3.82. The van der Waals surface area contributed by atoms with E-state index in [1.807, 2.05) is 18.2 Å². The number of halogens is 1. The van der Waals surface area contributed by atoms with Gasteiger partial charge in [0, 0.05) is 48.4 Å². The molecule has 0 N–H and O–H groups in total. The molecule has 172 valence electrons. The van der Waals surface area contributed by atoms with Gasteiger partial charge in [-0.2, -0.15) is 5.10 Å². The van der Waals surface area contributed by atoms with E-state index >= 15 is 0 Å². The number of anilines is 1. The summed E-state index contributed by atoms with van der Waals surface area (Å²) in [5, 5.41) is 17.0. The second-order valence-electron chi connectivity index (χ2n) is 8.01. The number of nitro groups is 1. The number of rotatable bonds is 4. The van der Waals surface area contributed by atoms with Crippen LogP contribution in [0.4, 0.5) is 11.5 Å². The summed E-state index contributed by atoms with van der Waals surface area (Å²) < 4.78 is 1.73. The van der Waals surface area contributed by atoms with Crippen molar-refractivity contribution in [3.8, 4) is 5.69 Å². The van der Waals surface area contributed by atoms with Crippen LogP contribution in [0, 0.1) is 17.0 Å². The number of aryl methyl sites for hydroxylation is 1. The SMILES string of the molecule is Cc1cc(C(=O)N2CCN(c3ncnc4c3cnn4-c3cccc(Cl)c3)CC2)ccc1[N+](=O)[O-]. The van der Waals surface area contributed by atoms with Crippen LogP contribution in [0.3, 0.4) is 0 Å². The number of nitrogens with zero attached hydrogens (tertiary/aromatic N) is 7. The van der Waals surface area contributed by atoms with E-state index in [0.717, 1.165) is 16.9 Å². The van der Waals surface area contributed by atoms with Gasteiger partial charge in [-0.1, -0.05) is 17.7 Å². The van der Waals surface area contributed by atoms with Crippen LogP contribution in [0.25, 0.3) is 16.7 Å². The molecule has 4 aromatic rings.